The quantitative estimate of drug-likeness (QED) is 0.0711. The Labute approximate surface area is 344 Å². The lowest BCUT2D eigenvalue weighted by atomic mass is 9.98. The Morgan fingerprint density at radius 1 is 0.268 bits per heavy atom. The third kappa shape index (κ3) is 23.2. The van der Waals surface area contributed by atoms with Gasteiger partial charge in [-0.25, -0.2) is 0 Å². The molecule has 4 aromatic carbocycles. The van der Waals surface area contributed by atoms with E-state index in [1.807, 2.05) is 36.4 Å². The van der Waals surface area contributed by atoms with E-state index in [2.05, 4.69) is 116 Å². The van der Waals surface area contributed by atoms with Crippen LogP contribution in [0.2, 0.25) is 0 Å². The van der Waals surface area contributed by atoms with Gasteiger partial charge in [0.1, 0.15) is 11.5 Å². The molecule has 0 fully saturated rings. The molecule has 0 bridgehead atoms. The topological polar surface area (TPSA) is 36.9 Å². The minimum absolute atomic E-state index is 0.743. The van der Waals surface area contributed by atoms with E-state index in [0.29, 0.717) is 0 Å². The van der Waals surface area contributed by atoms with E-state index in [9.17, 15) is 0 Å². The Kier molecular flexibility index (Phi) is 31.8. The molecule has 4 nitrogen and oxygen atoms in total. The fourth-order valence-electron chi connectivity index (χ4n) is 5.75. The number of benzene rings is 4. The van der Waals surface area contributed by atoms with Crippen LogP contribution in [-0.4, -0.2) is 26.4 Å². The molecule has 0 aliphatic rings. The first kappa shape index (κ1) is 50.1. The van der Waals surface area contributed by atoms with Crippen LogP contribution in [0.3, 0.4) is 0 Å². The maximum atomic E-state index is 5.68. The van der Waals surface area contributed by atoms with Crippen molar-refractivity contribution in [3.63, 3.8) is 0 Å². The van der Waals surface area contributed by atoms with Crippen LogP contribution in [0.25, 0.3) is 0 Å². The summed E-state index contributed by atoms with van der Waals surface area (Å²) >= 11 is 0. The molecule has 0 spiro atoms. The molecule has 4 aromatic rings. The zero-order valence-corrected chi connectivity index (χ0v) is 37.0. The van der Waals surface area contributed by atoms with Crippen LogP contribution in [0.15, 0.2) is 97.1 Å². The van der Waals surface area contributed by atoms with Gasteiger partial charge in [0.2, 0.25) is 0 Å². The highest BCUT2D eigenvalue weighted by Gasteiger charge is 2.04. The second-order valence-electron chi connectivity index (χ2n) is 14.2. The first-order valence-corrected chi connectivity index (χ1v) is 22.4. The molecular weight excluding hydrogens is 689 g/mol. The van der Waals surface area contributed by atoms with Crippen molar-refractivity contribution in [2.75, 3.05) is 26.4 Å². The van der Waals surface area contributed by atoms with Gasteiger partial charge in [0.25, 0.3) is 0 Å². The van der Waals surface area contributed by atoms with E-state index in [0.717, 1.165) is 88.0 Å². The molecule has 0 aliphatic heterocycles. The van der Waals surface area contributed by atoms with Gasteiger partial charge in [0.05, 0.1) is 26.4 Å². The van der Waals surface area contributed by atoms with Gasteiger partial charge >= 0.3 is 0 Å². The van der Waals surface area contributed by atoms with Gasteiger partial charge in [-0.1, -0.05) is 154 Å². The van der Waals surface area contributed by atoms with E-state index in [-0.39, 0.29) is 0 Å². The van der Waals surface area contributed by atoms with Gasteiger partial charge < -0.3 is 18.9 Å². The van der Waals surface area contributed by atoms with Crippen LogP contribution < -0.4 is 18.9 Å². The predicted octanol–water partition coefficient (Wildman–Crippen LogP) is 15.3. The SMILES string of the molecule is CCCCc1ccccc1CCCC.CCCCc1ccccc1OCCC.CCCCc1ccccc1OCCC.CCCOc1ccccc1OCCC. The highest BCUT2D eigenvalue weighted by molar-refractivity contribution is 5.39. The van der Waals surface area contributed by atoms with Crippen LogP contribution in [0.4, 0.5) is 0 Å². The van der Waals surface area contributed by atoms with Crippen molar-refractivity contribution in [2.45, 2.75) is 158 Å². The van der Waals surface area contributed by atoms with E-state index >= 15 is 0 Å². The Balaban J connectivity index is 0.000000373. The predicted molar refractivity (Wildman–Crippen MR) is 243 cm³/mol. The summed E-state index contributed by atoms with van der Waals surface area (Å²) in [5, 5.41) is 0. The number of unbranched alkanes of at least 4 members (excludes halogenated alkanes) is 4. The molecule has 56 heavy (non-hydrogen) atoms. The molecule has 312 valence electrons. The summed E-state index contributed by atoms with van der Waals surface area (Å²) in [4.78, 5) is 0. The van der Waals surface area contributed by atoms with Crippen LogP contribution in [0.1, 0.15) is 155 Å². The molecule has 0 heterocycles. The van der Waals surface area contributed by atoms with Crippen molar-refractivity contribution in [3.8, 4) is 23.0 Å². The summed E-state index contributed by atoms with van der Waals surface area (Å²) in [6, 6.07) is 33.5. The lowest BCUT2D eigenvalue weighted by Gasteiger charge is -2.11. The summed E-state index contributed by atoms with van der Waals surface area (Å²) in [5.74, 6) is 3.84. The molecule has 0 amide bonds. The Morgan fingerprint density at radius 2 is 0.500 bits per heavy atom. The van der Waals surface area contributed by atoms with E-state index < -0.39 is 0 Å². The minimum Gasteiger partial charge on any atom is -0.493 e. The van der Waals surface area contributed by atoms with Gasteiger partial charge in [-0.15, -0.1) is 0 Å². The Hall–Kier alpha value is -3.92. The molecule has 0 saturated carbocycles. The fraction of sp³-hybridized carbons (Fsp3) is 0.538. The van der Waals surface area contributed by atoms with Crippen LogP contribution in [-0.2, 0) is 25.7 Å². The van der Waals surface area contributed by atoms with Crippen LogP contribution in [0.5, 0.6) is 23.0 Å². The number of hydrogen-bond acceptors (Lipinski definition) is 4. The van der Waals surface area contributed by atoms with Crippen LogP contribution in [0, 0.1) is 0 Å². The number of rotatable bonds is 24. The molecule has 0 aliphatic carbocycles. The van der Waals surface area contributed by atoms with Gasteiger partial charge in [-0.3, -0.25) is 0 Å². The first-order chi connectivity index (χ1) is 27.5. The monoisotopic (exact) mass is 769 g/mol. The highest BCUT2D eigenvalue weighted by atomic mass is 16.5. The number of hydrogen-bond donors (Lipinski definition) is 0. The third-order valence-corrected chi connectivity index (χ3v) is 8.96. The number of ether oxygens (including phenoxy) is 4. The van der Waals surface area contributed by atoms with Gasteiger partial charge in [-0.2, -0.15) is 0 Å². The average Bonchev–Trinajstić information content (AvgIpc) is 3.25. The molecule has 0 atom stereocenters. The Morgan fingerprint density at radius 3 is 0.786 bits per heavy atom. The van der Waals surface area contributed by atoms with E-state index in [1.165, 1.54) is 75.3 Å². The van der Waals surface area contributed by atoms with Crippen molar-refractivity contribution in [2.24, 2.45) is 0 Å². The van der Waals surface area contributed by atoms with Gasteiger partial charge in [0.15, 0.2) is 11.5 Å². The molecule has 0 unspecified atom stereocenters. The standard InChI is InChI=1S/C14H22.2C13H20O.C12H18O2/c1-3-5-9-13-11-7-8-12-14(13)10-6-4-2;2*1-3-5-8-12-9-6-7-10-13(12)14-11-4-2;1-3-9-13-11-7-5-6-8-12(11)14-10-4-2/h7-8,11-12H,3-6,9-10H2,1-2H3;2*6-7,9-10H,3-5,8,11H2,1-2H3;5-8H,3-4,9-10H2,1-2H3. The third-order valence-electron chi connectivity index (χ3n) is 8.96. The van der Waals surface area contributed by atoms with Crippen molar-refractivity contribution < 1.29 is 18.9 Å². The zero-order valence-electron chi connectivity index (χ0n) is 37.0. The van der Waals surface area contributed by atoms with Crippen LogP contribution >= 0.6 is 0 Å². The summed E-state index contributed by atoms with van der Waals surface area (Å²) in [6.07, 6.45) is 19.2. The molecule has 0 radical (unpaired) electrons. The molecular formula is C52H80O4. The van der Waals surface area contributed by atoms with Crippen molar-refractivity contribution >= 4 is 0 Å². The average molecular weight is 769 g/mol. The molecule has 4 heteroatoms. The van der Waals surface area contributed by atoms with Crippen molar-refractivity contribution in [1.82, 2.24) is 0 Å². The lowest BCUT2D eigenvalue weighted by molar-refractivity contribution is 0.268. The zero-order chi connectivity index (χ0) is 40.9. The number of para-hydroxylation sites is 4. The second-order valence-corrected chi connectivity index (χ2v) is 14.2. The minimum atomic E-state index is 0.743. The van der Waals surface area contributed by atoms with Crippen molar-refractivity contribution in [3.05, 3.63) is 119 Å². The fourth-order valence-corrected chi connectivity index (χ4v) is 5.75. The summed E-state index contributed by atoms with van der Waals surface area (Å²) in [6.45, 7) is 20.5. The highest BCUT2D eigenvalue weighted by Crippen LogP contribution is 2.26. The maximum Gasteiger partial charge on any atom is 0.161 e. The summed E-state index contributed by atoms with van der Waals surface area (Å²) in [5.41, 5.74) is 5.84. The molecule has 0 saturated heterocycles. The smallest absolute Gasteiger partial charge is 0.161 e. The maximum absolute atomic E-state index is 5.68. The molecule has 4 rings (SSSR count). The summed E-state index contributed by atoms with van der Waals surface area (Å²) < 4.78 is 22.5. The first-order valence-electron chi connectivity index (χ1n) is 22.4. The largest absolute Gasteiger partial charge is 0.493 e. The van der Waals surface area contributed by atoms with E-state index in [4.69, 9.17) is 18.9 Å². The molecule has 0 aromatic heterocycles. The Bertz CT molecular complexity index is 1130. The molecule has 0 N–H and O–H groups in total. The second kappa shape index (κ2) is 35.5. The lowest BCUT2D eigenvalue weighted by Crippen LogP contribution is -2.00. The van der Waals surface area contributed by atoms with Crippen molar-refractivity contribution in [1.29, 1.82) is 0 Å². The van der Waals surface area contributed by atoms with Gasteiger partial charge in [0, 0.05) is 0 Å². The van der Waals surface area contributed by atoms with Gasteiger partial charge in [-0.05, 0) is 124 Å². The van der Waals surface area contributed by atoms with E-state index in [1.54, 1.807) is 11.1 Å². The summed E-state index contributed by atoms with van der Waals surface area (Å²) in [7, 11) is 0. The number of aryl methyl sites for hydroxylation is 4. The normalized spacial score (nSPS) is 10.1.